The lowest BCUT2D eigenvalue weighted by atomic mass is 10.1. The summed E-state index contributed by atoms with van der Waals surface area (Å²) < 4.78 is 0. The van der Waals surface area contributed by atoms with Crippen LogP contribution in [0.4, 0.5) is 0 Å². The van der Waals surface area contributed by atoms with Crippen LogP contribution >= 0.6 is 0 Å². The molecule has 5 heteroatoms. The maximum Gasteiger partial charge on any atom is 0.372 e. The molecule has 0 aliphatic rings. The minimum absolute atomic E-state index is 0.138. The number of carbonyl (C=O) groups excluding carboxylic acids is 2. The van der Waals surface area contributed by atoms with Gasteiger partial charge in [-0.25, -0.2) is 4.79 Å². The highest BCUT2D eigenvalue weighted by Gasteiger charge is 2.13. The van der Waals surface area contributed by atoms with Crippen LogP contribution in [0.15, 0.2) is 24.3 Å². The van der Waals surface area contributed by atoms with Crippen molar-refractivity contribution in [2.24, 2.45) is 0 Å². The summed E-state index contributed by atoms with van der Waals surface area (Å²) in [4.78, 5) is 34.3. The molecule has 17 heavy (non-hydrogen) atoms. The van der Waals surface area contributed by atoms with Crippen LogP contribution in [0.2, 0.25) is 0 Å². The predicted octanol–water partition coefficient (Wildman–Crippen LogP) is 0.585. The summed E-state index contributed by atoms with van der Waals surface area (Å²) in [5.41, 5.74) is 1.08. The summed E-state index contributed by atoms with van der Waals surface area (Å²) in [6, 6.07) is 6.31. The van der Waals surface area contributed by atoms with Crippen LogP contribution in [0.25, 0.3) is 0 Å². The Hall–Kier alpha value is -2.17. The molecule has 0 heterocycles. The van der Waals surface area contributed by atoms with E-state index in [2.05, 4.69) is 0 Å². The summed E-state index contributed by atoms with van der Waals surface area (Å²) >= 11 is 0. The summed E-state index contributed by atoms with van der Waals surface area (Å²) in [6.07, 6.45) is -0.161. The number of carboxylic acid groups (broad SMARTS) is 1. The van der Waals surface area contributed by atoms with Gasteiger partial charge in [-0.15, -0.1) is 0 Å². The first kappa shape index (κ1) is 12.9. The zero-order chi connectivity index (χ0) is 13.0. The number of rotatable bonds is 4. The summed E-state index contributed by atoms with van der Waals surface area (Å²) in [5.74, 6) is -2.45. The van der Waals surface area contributed by atoms with Crippen molar-refractivity contribution >= 4 is 17.7 Å². The Balaban J connectivity index is 2.78. The molecule has 0 aliphatic carbocycles. The Bertz CT molecular complexity index is 448. The van der Waals surface area contributed by atoms with E-state index in [4.69, 9.17) is 5.11 Å². The standard InChI is InChI=1S/C12H13NO4/c1-13(2)11(15)9-5-3-8(4-6-9)7-10(14)12(16)17/h3-6H,7H2,1-2H3,(H,16,17). The van der Waals surface area contributed by atoms with Crippen LogP contribution in [0, 0.1) is 0 Å². The van der Waals surface area contributed by atoms with Gasteiger partial charge in [-0.3, -0.25) is 9.59 Å². The zero-order valence-corrected chi connectivity index (χ0v) is 9.64. The van der Waals surface area contributed by atoms with E-state index in [1.54, 1.807) is 38.4 Å². The first-order chi connectivity index (χ1) is 7.91. The second-order valence-electron chi connectivity index (χ2n) is 3.80. The van der Waals surface area contributed by atoms with Gasteiger partial charge in [0.25, 0.3) is 5.91 Å². The van der Waals surface area contributed by atoms with Crippen LogP contribution in [-0.2, 0) is 16.0 Å². The largest absolute Gasteiger partial charge is 0.475 e. The van der Waals surface area contributed by atoms with Crippen molar-refractivity contribution in [1.29, 1.82) is 0 Å². The fraction of sp³-hybridized carbons (Fsp3) is 0.250. The van der Waals surface area contributed by atoms with Gasteiger partial charge < -0.3 is 10.0 Å². The van der Waals surface area contributed by atoms with Gasteiger partial charge in [-0.2, -0.15) is 0 Å². The van der Waals surface area contributed by atoms with Crippen molar-refractivity contribution in [3.05, 3.63) is 35.4 Å². The molecule has 1 aromatic carbocycles. The van der Waals surface area contributed by atoms with Gasteiger partial charge in [0, 0.05) is 26.1 Å². The van der Waals surface area contributed by atoms with E-state index < -0.39 is 11.8 Å². The molecular formula is C12H13NO4. The number of hydrogen-bond acceptors (Lipinski definition) is 3. The molecule has 1 aromatic rings. The van der Waals surface area contributed by atoms with Crippen molar-refractivity contribution in [1.82, 2.24) is 4.90 Å². The molecule has 5 nitrogen and oxygen atoms in total. The Morgan fingerprint density at radius 2 is 1.65 bits per heavy atom. The van der Waals surface area contributed by atoms with Crippen LogP contribution in [0.3, 0.4) is 0 Å². The average Bonchev–Trinajstić information content (AvgIpc) is 2.28. The third-order valence-electron chi connectivity index (χ3n) is 2.21. The van der Waals surface area contributed by atoms with Crippen molar-refractivity contribution in [3.63, 3.8) is 0 Å². The fourth-order valence-electron chi connectivity index (χ4n) is 1.28. The maximum atomic E-state index is 11.6. The van der Waals surface area contributed by atoms with E-state index in [1.807, 2.05) is 0 Å². The molecule has 0 spiro atoms. The zero-order valence-electron chi connectivity index (χ0n) is 9.64. The van der Waals surface area contributed by atoms with E-state index in [0.717, 1.165) is 0 Å². The molecule has 1 amide bonds. The number of Topliss-reactive ketones (excluding diaryl/α,β-unsaturated/α-hetero) is 1. The Morgan fingerprint density at radius 3 is 2.06 bits per heavy atom. The topological polar surface area (TPSA) is 74.7 Å². The average molecular weight is 235 g/mol. The number of amides is 1. The second-order valence-corrected chi connectivity index (χ2v) is 3.80. The number of carboxylic acids is 1. The number of carbonyl (C=O) groups is 3. The Kier molecular flexibility index (Phi) is 3.98. The SMILES string of the molecule is CN(C)C(=O)c1ccc(CC(=O)C(=O)O)cc1. The third kappa shape index (κ3) is 3.41. The van der Waals surface area contributed by atoms with E-state index in [0.29, 0.717) is 11.1 Å². The second kappa shape index (κ2) is 5.25. The fourth-order valence-corrected chi connectivity index (χ4v) is 1.28. The molecule has 0 atom stereocenters. The van der Waals surface area contributed by atoms with Gasteiger partial charge in [0.15, 0.2) is 0 Å². The monoisotopic (exact) mass is 235 g/mol. The van der Waals surface area contributed by atoms with Crippen molar-refractivity contribution in [3.8, 4) is 0 Å². The van der Waals surface area contributed by atoms with E-state index >= 15 is 0 Å². The minimum atomic E-state index is -1.45. The van der Waals surface area contributed by atoms with Crippen molar-refractivity contribution in [2.45, 2.75) is 6.42 Å². The number of ketones is 1. The molecule has 90 valence electrons. The van der Waals surface area contributed by atoms with Crippen LogP contribution in [-0.4, -0.2) is 41.8 Å². The first-order valence-corrected chi connectivity index (χ1v) is 4.98. The summed E-state index contributed by atoms with van der Waals surface area (Å²) in [6.45, 7) is 0. The quantitative estimate of drug-likeness (QED) is 0.775. The summed E-state index contributed by atoms with van der Waals surface area (Å²) in [7, 11) is 3.29. The van der Waals surface area contributed by atoms with E-state index in [1.165, 1.54) is 4.90 Å². The highest BCUT2D eigenvalue weighted by molar-refractivity contribution is 6.33. The summed E-state index contributed by atoms with van der Waals surface area (Å²) in [5, 5.41) is 8.45. The van der Waals surface area contributed by atoms with Gasteiger partial charge in [-0.1, -0.05) is 12.1 Å². The molecule has 0 fully saturated rings. The molecule has 0 aliphatic heterocycles. The lowest BCUT2D eigenvalue weighted by Crippen LogP contribution is -2.21. The van der Waals surface area contributed by atoms with Crippen LogP contribution < -0.4 is 0 Å². The number of nitrogens with zero attached hydrogens (tertiary/aromatic N) is 1. The molecule has 0 aromatic heterocycles. The molecule has 0 radical (unpaired) electrons. The number of hydrogen-bond donors (Lipinski definition) is 1. The smallest absolute Gasteiger partial charge is 0.372 e. The predicted molar refractivity (Wildman–Crippen MR) is 60.8 cm³/mol. The van der Waals surface area contributed by atoms with Gasteiger partial charge in [0.1, 0.15) is 0 Å². The molecule has 0 saturated heterocycles. The first-order valence-electron chi connectivity index (χ1n) is 4.98. The van der Waals surface area contributed by atoms with Crippen molar-refractivity contribution < 1.29 is 19.5 Å². The molecule has 0 unspecified atom stereocenters. The molecule has 1 rings (SSSR count). The molecular weight excluding hydrogens is 222 g/mol. The minimum Gasteiger partial charge on any atom is -0.475 e. The third-order valence-corrected chi connectivity index (χ3v) is 2.21. The van der Waals surface area contributed by atoms with Crippen molar-refractivity contribution in [2.75, 3.05) is 14.1 Å². The van der Waals surface area contributed by atoms with Gasteiger partial charge in [0.2, 0.25) is 5.78 Å². The number of benzene rings is 1. The molecule has 1 N–H and O–H groups in total. The van der Waals surface area contributed by atoms with Gasteiger partial charge >= 0.3 is 5.97 Å². The lowest BCUT2D eigenvalue weighted by molar-refractivity contribution is -0.148. The lowest BCUT2D eigenvalue weighted by Gasteiger charge is -2.10. The van der Waals surface area contributed by atoms with E-state index in [9.17, 15) is 14.4 Å². The van der Waals surface area contributed by atoms with Crippen LogP contribution in [0.1, 0.15) is 15.9 Å². The normalized spacial score (nSPS) is 9.76. The molecule has 0 saturated carbocycles. The molecule has 0 bridgehead atoms. The highest BCUT2D eigenvalue weighted by atomic mass is 16.4. The van der Waals surface area contributed by atoms with Gasteiger partial charge in [-0.05, 0) is 17.7 Å². The highest BCUT2D eigenvalue weighted by Crippen LogP contribution is 2.07. The Morgan fingerprint density at radius 1 is 1.12 bits per heavy atom. The van der Waals surface area contributed by atoms with Gasteiger partial charge in [0.05, 0.1) is 0 Å². The van der Waals surface area contributed by atoms with Crippen LogP contribution in [0.5, 0.6) is 0 Å². The maximum absolute atomic E-state index is 11.6. The Labute approximate surface area is 98.7 Å². The number of aliphatic carboxylic acids is 1. The van der Waals surface area contributed by atoms with E-state index in [-0.39, 0.29) is 12.3 Å².